The molecule has 1 N–H and O–H groups in total. The molecule has 134 valence electrons. The van der Waals surface area contributed by atoms with Gasteiger partial charge in [0.25, 0.3) is 5.49 Å². The number of ether oxygens (including phenoxy) is 1. The lowest BCUT2D eigenvalue weighted by molar-refractivity contribution is -0.391. The molecule has 1 aliphatic carbocycles. The van der Waals surface area contributed by atoms with Crippen LogP contribution in [0.3, 0.4) is 0 Å². The summed E-state index contributed by atoms with van der Waals surface area (Å²) in [5.74, 6) is 0.181. The molecule has 1 aromatic heterocycles. The van der Waals surface area contributed by atoms with Crippen LogP contribution in [0.1, 0.15) is 38.5 Å². The Bertz CT molecular complexity index is 801. The number of hydrogen-bond donors (Lipinski definition) is 1. The zero-order valence-corrected chi connectivity index (χ0v) is 14.0. The molecule has 0 bridgehead atoms. The summed E-state index contributed by atoms with van der Waals surface area (Å²) in [7, 11) is 1.55. The fraction of sp³-hybridized carbons (Fsp3) is 0.500. The topological polar surface area (TPSA) is 108 Å². The first-order valence-corrected chi connectivity index (χ1v) is 8.34. The van der Waals surface area contributed by atoms with Crippen molar-refractivity contribution in [1.82, 2.24) is 14.7 Å². The van der Waals surface area contributed by atoms with Crippen LogP contribution in [0.25, 0.3) is 5.69 Å². The number of hydrogen-bond acceptors (Lipinski definition) is 6. The minimum absolute atomic E-state index is 0.0342. The van der Waals surface area contributed by atoms with Crippen LogP contribution in [0.5, 0.6) is 5.75 Å². The predicted molar refractivity (Wildman–Crippen MR) is 89.0 cm³/mol. The molecule has 9 nitrogen and oxygen atoms in total. The molecule has 2 aromatic rings. The minimum atomic E-state index is -0.623. The third kappa shape index (κ3) is 3.65. The summed E-state index contributed by atoms with van der Waals surface area (Å²) < 4.78 is 5.09. The summed E-state index contributed by atoms with van der Waals surface area (Å²) in [6.07, 6.45) is 6.12. The lowest BCUT2D eigenvalue weighted by atomic mass is 10.1. The monoisotopic (exact) mass is 347 g/mol. The number of nitrogens with zero attached hydrogens (tertiary/aromatic N) is 5. The van der Waals surface area contributed by atoms with Crippen LogP contribution in [0.2, 0.25) is 0 Å². The maximum absolute atomic E-state index is 11.4. The first kappa shape index (κ1) is 17.0. The highest BCUT2D eigenvalue weighted by Crippen LogP contribution is 2.20. The molecule has 25 heavy (non-hydrogen) atoms. The van der Waals surface area contributed by atoms with E-state index < -0.39 is 10.7 Å². The molecule has 9 heteroatoms. The Hall–Kier alpha value is -2.84. The van der Waals surface area contributed by atoms with E-state index >= 15 is 0 Å². The molecule has 0 spiro atoms. The van der Waals surface area contributed by atoms with Gasteiger partial charge in [0.05, 0.1) is 18.3 Å². The molecule has 0 aliphatic heterocycles. The highest BCUT2D eigenvalue weighted by Gasteiger charge is 2.25. The van der Waals surface area contributed by atoms with Crippen LogP contribution >= 0.6 is 0 Å². The summed E-state index contributed by atoms with van der Waals surface area (Å²) in [6.45, 7) is 0. The van der Waals surface area contributed by atoms with Crippen LogP contribution < -0.4 is 10.2 Å². The summed E-state index contributed by atoms with van der Waals surface area (Å²) in [5.41, 5.74) is 0.349. The van der Waals surface area contributed by atoms with Crippen molar-refractivity contribution in [2.75, 3.05) is 7.11 Å². The normalized spacial score (nSPS) is 16.6. The minimum Gasteiger partial charge on any atom is -0.497 e. The van der Waals surface area contributed by atoms with E-state index in [9.17, 15) is 15.3 Å². The Morgan fingerprint density at radius 1 is 1.24 bits per heavy atom. The van der Waals surface area contributed by atoms with Crippen molar-refractivity contribution in [2.24, 2.45) is 4.99 Å². The maximum atomic E-state index is 11.4. The fourth-order valence-electron chi connectivity index (χ4n) is 3.03. The molecule has 1 saturated carbocycles. The zero-order chi connectivity index (χ0) is 17.8. The number of nitro groups is 1. The lowest BCUT2D eigenvalue weighted by Crippen LogP contribution is -2.24. The van der Waals surface area contributed by atoms with Gasteiger partial charge in [-0.25, -0.2) is 0 Å². The molecule has 0 radical (unpaired) electrons. The van der Waals surface area contributed by atoms with E-state index in [2.05, 4.69) is 10.1 Å². The number of methoxy groups -OCH3 is 1. The second-order valence-electron chi connectivity index (χ2n) is 6.06. The van der Waals surface area contributed by atoms with Gasteiger partial charge in [-0.2, -0.15) is 0 Å². The molecule has 3 rings (SSSR count). The summed E-state index contributed by atoms with van der Waals surface area (Å²) in [4.78, 5) is 16.9. The van der Waals surface area contributed by atoms with Crippen LogP contribution in [0.15, 0.2) is 29.3 Å². The Balaban J connectivity index is 2.05. The molecule has 0 unspecified atom stereocenters. The summed E-state index contributed by atoms with van der Waals surface area (Å²) >= 11 is 0. The van der Waals surface area contributed by atoms with Crippen molar-refractivity contribution in [3.8, 4) is 11.4 Å². The van der Waals surface area contributed by atoms with E-state index in [0.29, 0.717) is 16.3 Å². The second-order valence-corrected chi connectivity index (χ2v) is 6.06. The average Bonchev–Trinajstić information content (AvgIpc) is 2.78. The van der Waals surface area contributed by atoms with Gasteiger partial charge < -0.3 is 20.1 Å². The summed E-state index contributed by atoms with van der Waals surface area (Å²) in [6, 6.07) is 6.64. The van der Waals surface area contributed by atoms with E-state index in [0.717, 1.165) is 43.3 Å². The Labute approximate surface area is 144 Å². The van der Waals surface area contributed by atoms with Gasteiger partial charge in [-0.3, -0.25) is 4.99 Å². The van der Waals surface area contributed by atoms with Crippen molar-refractivity contribution in [3.63, 3.8) is 0 Å². The van der Waals surface area contributed by atoms with E-state index in [4.69, 9.17) is 4.74 Å². The lowest BCUT2D eigenvalue weighted by Gasteiger charge is -2.06. The van der Waals surface area contributed by atoms with Crippen molar-refractivity contribution in [2.45, 2.75) is 44.6 Å². The average molecular weight is 347 g/mol. The fourth-order valence-corrected chi connectivity index (χ4v) is 3.03. The molecule has 1 heterocycles. The van der Waals surface area contributed by atoms with E-state index in [1.54, 1.807) is 31.4 Å². The van der Waals surface area contributed by atoms with Gasteiger partial charge in [0.1, 0.15) is 11.4 Å². The van der Waals surface area contributed by atoms with Crippen LogP contribution in [0.4, 0.5) is 5.82 Å². The Kier molecular flexibility index (Phi) is 5.01. The van der Waals surface area contributed by atoms with Gasteiger partial charge in [0.15, 0.2) is 0 Å². The van der Waals surface area contributed by atoms with Gasteiger partial charge in [0.2, 0.25) is 0 Å². The van der Waals surface area contributed by atoms with Crippen LogP contribution in [-0.2, 0) is 0 Å². The quantitative estimate of drug-likeness (QED) is 0.395. The van der Waals surface area contributed by atoms with E-state index in [1.807, 2.05) is 0 Å². The van der Waals surface area contributed by atoms with Gasteiger partial charge in [-0.05, 0) is 46.8 Å². The van der Waals surface area contributed by atoms with Gasteiger partial charge in [-0.1, -0.05) is 30.5 Å². The zero-order valence-electron chi connectivity index (χ0n) is 14.0. The molecule has 1 aromatic carbocycles. The van der Waals surface area contributed by atoms with Gasteiger partial charge >= 0.3 is 5.82 Å². The van der Waals surface area contributed by atoms with Crippen LogP contribution in [0, 0.1) is 10.1 Å². The highest BCUT2D eigenvalue weighted by atomic mass is 16.6. The van der Waals surface area contributed by atoms with Crippen molar-refractivity contribution in [1.29, 1.82) is 0 Å². The summed E-state index contributed by atoms with van der Waals surface area (Å²) in [5, 5.41) is 25.7. The van der Waals surface area contributed by atoms with Crippen molar-refractivity contribution >= 4 is 5.82 Å². The third-order valence-corrected chi connectivity index (χ3v) is 4.36. The standard InChI is InChI=1S/C16H21N5O4/c1-25-14-10-8-13(9-11-14)19-18-16(21(23)24)15(20(19)22)17-12-6-4-2-3-5-7-12/h8-12,22H,2-7H2,1H3. The van der Waals surface area contributed by atoms with E-state index in [1.165, 1.54) is 0 Å². The smallest absolute Gasteiger partial charge is 0.438 e. The van der Waals surface area contributed by atoms with Crippen molar-refractivity contribution < 1.29 is 14.9 Å². The Morgan fingerprint density at radius 3 is 2.44 bits per heavy atom. The van der Waals surface area contributed by atoms with E-state index in [-0.39, 0.29) is 11.5 Å². The maximum Gasteiger partial charge on any atom is 0.438 e. The third-order valence-electron chi connectivity index (χ3n) is 4.36. The molecule has 1 fully saturated rings. The number of rotatable bonds is 4. The first-order valence-electron chi connectivity index (χ1n) is 8.34. The molecule has 0 atom stereocenters. The first-order chi connectivity index (χ1) is 12.1. The van der Waals surface area contributed by atoms with Gasteiger partial charge in [0, 0.05) is 0 Å². The highest BCUT2D eigenvalue weighted by molar-refractivity contribution is 5.36. The molecular weight excluding hydrogens is 326 g/mol. The molecule has 1 aliphatic rings. The SMILES string of the molecule is COc1ccc(-n2nc([N+](=O)[O-])c(=NC3CCCCCC3)n2O)cc1. The second kappa shape index (κ2) is 7.37. The molecule has 0 amide bonds. The molecule has 0 saturated heterocycles. The predicted octanol–water partition coefficient (Wildman–Crippen LogP) is 2.45. The number of benzene rings is 1. The molecular formula is C16H21N5O4. The van der Waals surface area contributed by atoms with Crippen molar-refractivity contribution in [3.05, 3.63) is 39.9 Å². The van der Waals surface area contributed by atoms with Gasteiger partial charge in [-0.15, -0.1) is 0 Å². The largest absolute Gasteiger partial charge is 0.497 e. The van der Waals surface area contributed by atoms with Crippen LogP contribution in [-0.4, -0.2) is 38.0 Å². The number of aromatic nitrogens is 3. The Morgan fingerprint density at radius 2 is 1.88 bits per heavy atom.